The number of aryl methyl sites for hydroxylation is 1. The second-order valence-electron chi connectivity index (χ2n) is 5.24. The van der Waals surface area contributed by atoms with Gasteiger partial charge in [-0.15, -0.1) is 0 Å². The quantitative estimate of drug-likeness (QED) is 0.837. The summed E-state index contributed by atoms with van der Waals surface area (Å²) in [6.07, 6.45) is 1.74. The highest BCUT2D eigenvalue weighted by atomic mass is 35.5. The van der Waals surface area contributed by atoms with Crippen LogP contribution in [0.3, 0.4) is 0 Å². The molecule has 0 spiro atoms. The molecule has 5 heteroatoms. The van der Waals surface area contributed by atoms with Gasteiger partial charge in [0.2, 0.25) is 0 Å². The number of rotatable bonds is 7. The molecule has 0 saturated heterocycles. The highest BCUT2D eigenvalue weighted by Gasteiger charge is 2.37. The maximum Gasteiger partial charge on any atom is 0.0834 e. The number of hydrogen-bond donors (Lipinski definition) is 1. The zero-order valence-electron chi connectivity index (χ0n) is 13.0. The Morgan fingerprint density at radius 3 is 2.37 bits per heavy atom. The molecule has 1 rings (SSSR count). The molecule has 0 aliphatic heterocycles. The van der Waals surface area contributed by atoms with Crippen LogP contribution in [0, 0.1) is 0 Å². The van der Waals surface area contributed by atoms with Crippen LogP contribution in [-0.4, -0.2) is 40.4 Å². The molecule has 1 unspecified atom stereocenters. The fraction of sp³-hybridized carbons (Fsp3) is 0.786. The van der Waals surface area contributed by atoms with Crippen molar-refractivity contribution < 1.29 is 0 Å². The highest BCUT2D eigenvalue weighted by molar-refractivity contribution is 6.31. The summed E-state index contributed by atoms with van der Waals surface area (Å²) in [4.78, 5) is 2.44. The van der Waals surface area contributed by atoms with Gasteiger partial charge in [-0.05, 0) is 40.9 Å². The molecule has 1 atom stereocenters. The van der Waals surface area contributed by atoms with E-state index >= 15 is 0 Å². The third-order valence-corrected chi connectivity index (χ3v) is 4.27. The van der Waals surface area contributed by atoms with Crippen LogP contribution in [0.4, 0.5) is 0 Å². The standard InChI is InChI=1S/C14H27ClN4/c1-7-18(8-2)14(4,5)13(16-6)12-11(15)10-17-19(12)9-3/h10,13,16H,7-9H2,1-6H3. The molecule has 19 heavy (non-hydrogen) atoms. The zero-order valence-corrected chi connectivity index (χ0v) is 13.8. The molecule has 1 aromatic rings. The number of nitrogens with zero attached hydrogens (tertiary/aromatic N) is 3. The average Bonchev–Trinajstić information content (AvgIpc) is 2.73. The molecule has 1 heterocycles. The SMILES string of the molecule is CCN(CC)C(C)(C)C(NC)c1c(Cl)cnn1CC. The smallest absolute Gasteiger partial charge is 0.0834 e. The van der Waals surface area contributed by atoms with E-state index in [4.69, 9.17) is 11.6 Å². The Bertz CT molecular complexity index is 396. The van der Waals surface area contributed by atoms with Crippen molar-refractivity contribution in [2.24, 2.45) is 0 Å². The maximum atomic E-state index is 6.35. The van der Waals surface area contributed by atoms with E-state index < -0.39 is 0 Å². The molecular weight excluding hydrogens is 260 g/mol. The maximum absolute atomic E-state index is 6.35. The fourth-order valence-corrected chi connectivity index (χ4v) is 3.21. The first-order valence-corrected chi connectivity index (χ1v) is 7.45. The Kier molecular flexibility index (Phi) is 5.83. The number of nitrogens with one attached hydrogen (secondary N) is 1. The molecule has 0 amide bonds. The lowest BCUT2D eigenvalue weighted by molar-refractivity contribution is 0.0908. The van der Waals surface area contributed by atoms with Gasteiger partial charge in [0, 0.05) is 12.1 Å². The van der Waals surface area contributed by atoms with Crippen LogP contribution in [-0.2, 0) is 6.54 Å². The van der Waals surface area contributed by atoms with Crippen LogP contribution >= 0.6 is 11.6 Å². The van der Waals surface area contributed by atoms with E-state index in [0.717, 1.165) is 30.4 Å². The Balaban J connectivity index is 3.22. The van der Waals surface area contributed by atoms with Crippen molar-refractivity contribution in [3.63, 3.8) is 0 Å². The van der Waals surface area contributed by atoms with Crippen molar-refractivity contribution in [2.75, 3.05) is 20.1 Å². The second kappa shape index (κ2) is 6.73. The summed E-state index contributed by atoms with van der Waals surface area (Å²) < 4.78 is 1.98. The van der Waals surface area contributed by atoms with Crippen molar-refractivity contribution in [1.82, 2.24) is 20.0 Å². The first-order valence-electron chi connectivity index (χ1n) is 7.07. The van der Waals surface area contributed by atoms with Gasteiger partial charge < -0.3 is 5.32 Å². The van der Waals surface area contributed by atoms with Gasteiger partial charge >= 0.3 is 0 Å². The molecule has 0 aliphatic rings. The monoisotopic (exact) mass is 286 g/mol. The van der Waals surface area contributed by atoms with E-state index in [1.165, 1.54) is 0 Å². The van der Waals surface area contributed by atoms with Gasteiger partial charge in [0.25, 0.3) is 0 Å². The van der Waals surface area contributed by atoms with Crippen molar-refractivity contribution in [3.05, 3.63) is 16.9 Å². The molecular formula is C14H27ClN4. The average molecular weight is 287 g/mol. The van der Waals surface area contributed by atoms with E-state index in [9.17, 15) is 0 Å². The van der Waals surface area contributed by atoms with E-state index in [1.54, 1.807) is 6.20 Å². The molecule has 0 fully saturated rings. The molecule has 0 radical (unpaired) electrons. The molecule has 0 saturated carbocycles. The largest absolute Gasteiger partial charge is 0.310 e. The molecule has 0 aromatic carbocycles. The summed E-state index contributed by atoms with van der Waals surface area (Å²) in [5, 5.41) is 8.51. The lowest BCUT2D eigenvalue weighted by Crippen LogP contribution is -2.52. The van der Waals surface area contributed by atoms with Crippen molar-refractivity contribution >= 4 is 11.6 Å². The molecule has 0 aliphatic carbocycles. The minimum Gasteiger partial charge on any atom is -0.310 e. The summed E-state index contributed by atoms with van der Waals surface area (Å²) in [5.74, 6) is 0. The summed E-state index contributed by atoms with van der Waals surface area (Å²) in [6, 6.07) is 0.141. The number of aromatic nitrogens is 2. The summed E-state index contributed by atoms with van der Waals surface area (Å²) in [6.45, 7) is 13.8. The Morgan fingerprint density at radius 2 is 1.95 bits per heavy atom. The molecule has 1 aromatic heterocycles. The van der Waals surface area contributed by atoms with Gasteiger partial charge in [-0.2, -0.15) is 5.10 Å². The molecule has 1 N–H and O–H groups in total. The number of likely N-dealkylation sites (N-methyl/N-ethyl adjacent to an activating group) is 2. The second-order valence-corrected chi connectivity index (χ2v) is 5.65. The van der Waals surface area contributed by atoms with Crippen LogP contribution < -0.4 is 5.32 Å². The first-order chi connectivity index (χ1) is 8.93. The van der Waals surface area contributed by atoms with Gasteiger partial charge in [-0.25, -0.2) is 0 Å². The van der Waals surface area contributed by atoms with E-state index in [0.29, 0.717) is 0 Å². The topological polar surface area (TPSA) is 33.1 Å². The van der Waals surface area contributed by atoms with Crippen molar-refractivity contribution in [3.8, 4) is 0 Å². The van der Waals surface area contributed by atoms with Crippen LogP contribution in [0.15, 0.2) is 6.20 Å². The predicted molar refractivity (Wildman–Crippen MR) is 81.7 cm³/mol. The van der Waals surface area contributed by atoms with Gasteiger partial charge in [0.05, 0.1) is 23.0 Å². The summed E-state index contributed by atoms with van der Waals surface area (Å²) >= 11 is 6.35. The van der Waals surface area contributed by atoms with Crippen molar-refractivity contribution in [1.29, 1.82) is 0 Å². The zero-order chi connectivity index (χ0) is 14.6. The minimum absolute atomic E-state index is 0.0329. The summed E-state index contributed by atoms with van der Waals surface area (Å²) in [5.41, 5.74) is 1.04. The first kappa shape index (κ1) is 16.5. The van der Waals surface area contributed by atoms with E-state index in [-0.39, 0.29) is 11.6 Å². The van der Waals surface area contributed by atoms with E-state index in [2.05, 4.69) is 49.9 Å². The Hall–Kier alpha value is -0.580. The summed E-state index contributed by atoms with van der Waals surface area (Å²) in [7, 11) is 1.99. The van der Waals surface area contributed by atoms with Crippen LogP contribution in [0.25, 0.3) is 0 Å². The van der Waals surface area contributed by atoms with E-state index in [1.807, 2.05) is 11.7 Å². The Morgan fingerprint density at radius 1 is 1.37 bits per heavy atom. The molecule has 0 bridgehead atoms. The lowest BCUT2D eigenvalue weighted by Gasteiger charge is -2.43. The Labute approximate surface area is 122 Å². The van der Waals surface area contributed by atoms with Gasteiger partial charge in [-0.3, -0.25) is 9.58 Å². The third-order valence-electron chi connectivity index (χ3n) is 3.98. The number of halogens is 1. The number of hydrogen-bond acceptors (Lipinski definition) is 3. The van der Waals surface area contributed by atoms with Crippen LogP contribution in [0.1, 0.15) is 46.4 Å². The minimum atomic E-state index is -0.0329. The third kappa shape index (κ3) is 3.12. The van der Waals surface area contributed by atoms with Gasteiger partial charge in [0.15, 0.2) is 0 Å². The van der Waals surface area contributed by atoms with Gasteiger partial charge in [-0.1, -0.05) is 25.4 Å². The predicted octanol–water partition coefficient (Wildman–Crippen LogP) is 2.94. The lowest BCUT2D eigenvalue weighted by atomic mass is 9.89. The fourth-order valence-electron chi connectivity index (χ4n) is 2.96. The normalized spacial score (nSPS) is 14.1. The van der Waals surface area contributed by atoms with Crippen LogP contribution in [0.5, 0.6) is 0 Å². The molecule has 110 valence electrons. The van der Waals surface area contributed by atoms with Crippen LogP contribution in [0.2, 0.25) is 5.02 Å². The van der Waals surface area contributed by atoms with Crippen molar-refractivity contribution in [2.45, 2.75) is 52.7 Å². The highest BCUT2D eigenvalue weighted by Crippen LogP contribution is 2.34. The molecule has 4 nitrogen and oxygen atoms in total. The van der Waals surface area contributed by atoms with Gasteiger partial charge in [0.1, 0.15) is 0 Å².